The van der Waals surface area contributed by atoms with Crippen molar-refractivity contribution in [2.24, 2.45) is 5.73 Å². The molecule has 0 unspecified atom stereocenters. The van der Waals surface area contributed by atoms with Crippen LogP contribution in [0, 0.1) is 26.2 Å². The molecule has 3 aromatic rings. The fourth-order valence-electron chi connectivity index (χ4n) is 3.67. The Kier molecular flexibility index (Phi) is 7.90. The molecule has 11 heteroatoms. The summed E-state index contributed by atoms with van der Waals surface area (Å²) in [5, 5.41) is 11.1. The van der Waals surface area contributed by atoms with Crippen molar-refractivity contribution in [3.8, 4) is 5.75 Å². The Morgan fingerprint density at radius 2 is 1.94 bits per heavy atom. The predicted molar refractivity (Wildman–Crippen MR) is 134 cm³/mol. The summed E-state index contributed by atoms with van der Waals surface area (Å²) in [4.78, 5) is 17.1. The molecule has 5 N–H and O–H groups in total. The number of guanidine groups is 1. The number of benzene rings is 2. The Balaban J connectivity index is 1.53. The van der Waals surface area contributed by atoms with Gasteiger partial charge in [0.05, 0.1) is 28.3 Å². The molecule has 0 fully saturated rings. The Labute approximate surface area is 203 Å². The average Bonchev–Trinajstić information content (AvgIpc) is 3.22. The molecule has 1 heterocycles. The number of fused-ring (bicyclic) bond motifs is 1. The molecule has 0 bridgehead atoms. The van der Waals surface area contributed by atoms with Crippen molar-refractivity contribution in [3.05, 3.63) is 52.0 Å². The second-order valence-electron chi connectivity index (χ2n) is 7.98. The van der Waals surface area contributed by atoms with E-state index in [0.29, 0.717) is 34.7 Å². The topological polar surface area (TPSA) is 147 Å². The molecular formula is C23H29N5O4S2. The highest BCUT2D eigenvalue weighted by Gasteiger charge is 2.24. The summed E-state index contributed by atoms with van der Waals surface area (Å²) >= 11 is 1.31. The van der Waals surface area contributed by atoms with Crippen molar-refractivity contribution in [2.75, 3.05) is 13.7 Å². The van der Waals surface area contributed by atoms with Crippen molar-refractivity contribution in [1.82, 2.24) is 15.0 Å². The van der Waals surface area contributed by atoms with Gasteiger partial charge in [-0.3, -0.25) is 10.2 Å². The maximum Gasteiger partial charge on any atom is 0.264 e. The summed E-state index contributed by atoms with van der Waals surface area (Å²) in [5.74, 6) is 0.0371. The number of aryl methyl sites for hydroxylation is 1. The number of thiazole rings is 1. The molecule has 0 saturated carbocycles. The van der Waals surface area contributed by atoms with E-state index >= 15 is 0 Å². The van der Waals surface area contributed by atoms with E-state index in [9.17, 15) is 13.2 Å². The average molecular weight is 504 g/mol. The van der Waals surface area contributed by atoms with Gasteiger partial charge in [0, 0.05) is 6.54 Å². The second-order valence-corrected chi connectivity index (χ2v) is 10.6. The molecule has 0 aliphatic carbocycles. The highest BCUT2D eigenvalue weighted by atomic mass is 32.2. The molecule has 0 radical (unpaired) electrons. The first-order valence-electron chi connectivity index (χ1n) is 10.7. The molecule has 1 atom stereocenters. The number of sulfonamides is 1. The minimum atomic E-state index is -3.96. The van der Waals surface area contributed by atoms with Crippen LogP contribution in [0.15, 0.2) is 35.2 Å². The zero-order valence-electron chi connectivity index (χ0n) is 19.6. The Morgan fingerprint density at radius 1 is 1.24 bits per heavy atom. The van der Waals surface area contributed by atoms with Crippen LogP contribution >= 0.6 is 11.3 Å². The number of carbonyl (C=O) groups excluding carboxylic acids is 1. The number of ether oxygens (including phenoxy) is 1. The number of aromatic nitrogens is 1. The number of methoxy groups -OCH3 is 1. The van der Waals surface area contributed by atoms with Crippen molar-refractivity contribution >= 4 is 43.3 Å². The van der Waals surface area contributed by atoms with Gasteiger partial charge in [-0.2, -0.15) is 0 Å². The van der Waals surface area contributed by atoms with Crippen molar-refractivity contribution in [1.29, 1.82) is 5.41 Å². The van der Waals surface area contributed by atoms with Crippen LogP contribution in [-0.4, -0.2) is 44.8 Å². The minimum absolute atomic E-state index is 0.126. The number of rotatable bonds is 9. The molecule has 0 aliphatic rings. The molecule has 9 nitrogen and oxygen atoms in total. The van der Waals surface area contributed by atoms with Gasteiger partial charge in [0.2, 0.25) is 11.7 Å². The van der Waals surface area contributed by atoms with E-state index in [1.807, 2.05) is 24.3 Å². The molecule has 0 amide bonds. The summed E-state index contributed by atoms with van der Waals surface area (Å²) < 4.78 is 34.3. The Bertz CT molecular complexity index is 1300. The first-order valence-corrected chi connectivity index (χ1v) is 13.0. The number of ketones is 1. The van der Waals surface area contributed by atoms with Gasteiger partial charge in [0.25, 0.3) is 10.0 Å². The molecule has 0 aliphatic heterocycles. The van der Waals surface area contributed by atoms with Crippen molar-refractivity contribution < 1.29 is 17.9 Å². The van der Waals surface area contributed by atoms with Gasteiger partial charge in [0.1, 0.15) is 5.75 Å². The SMILES string of the molecule is COc1cc(C)c(S(=O)(=O)NC(=N)NCCC[C@H](N)C(=O)c2nc3ccccc3s2)c(C)c1C. The highest BCUT2D eigenvalue weighted by molar-refractivity contribution is 7.90. The number of Topliss-reactive ketones (excluding diaryl/α,β-unsaturated/α-hetero) is 1. The normalized spacial score (nSPS) is 12.4. The van der Waals surface area contributed by atoms with Gasteiger partial charge in [-0.25, -0.2) is 18.1 Å². The standard InChI is InChI=1S/C23H29N5O4S2/c1-13-12-18(32-4)14(2)15(3)21(13)34(30,31)28-23(25)26-11-7-8-16(24)20(29)22-27-17-9-5-6-10-19(17)33-22/h5-6,9-10,12,16H,7-8,11,24H2,1-4H3,(H3,25,26,28)/t16-/m0/s1. The molecule has 3 rings (SSSR count). The highest BCUT2D eigenvalue weighted by Crippen LogP contribution is 2.30. The predicted octanol–water partition coefficient (Wildman–Crippen LogP) is 3.02. The molecule has 0 spiro atoms. The van der Waals surface area contributed by atoms with Crippen LogP contribution in [0.1, 0.15) is 39.3 Å². The van der Waals surface area contributed by atoms with Gasteiger partial charge in [-0.05, 0) is 68.5 Å². The third kappa shape index (κ3) is 5.54. The number of carbonyl (C=O) groups is 1. The van der Waals surface area contributed by atoms with Crippen LogP contribution in [0.4, 0.5) is 0 Å². The lowest BCUT2D eigenvalue weighted by Crippen LogP contribution is -2.41. The first kappa shape index (κ1) is 25.6. The van der Waals surface area contributed by atoms with Crippen molar-refractivity contribution in [2.45, 2.75) is 44.6 Å². The summed E-state index contributed by atoms with van der Waals surface area (Å²) in [5.41, 5.74) is 8.63. The van der Waals surface area contributed by atoms with Crippen LogP contribution < -0.4 is 20.5 Å². The Morgan fingerprint density at radius 3 is 2.62 bits per heavy atom. The van der Waals surface area contributed by atoms with E-state index in [1.165, 1.54) is 18.4 Å². The van der Waals surface area contributed by atoms with E-state index in [0.717, 1.165) is 15.8 Å². The Hall–Kier alpha value is -3.02. The number of nitrogens with one attached hydrogen (secondary N) is 3. The van der Waals surface area contributed by atoms with Crippen LogP contribution in [0.2, 0.25) is 0 Å². The largest absolute Gasteiger partial charge is 0.496 e. The second kappa shape index (κ2) is 10.5. The summed E-state index contributed by atoms with van der Waals surface area (Å²) in [6.45, 7) is 5.46. The number of para-hydroxylation sites is 1. The van der Waals surface area contributed by atoms with Gasteiger partial charge < -0.3 is 15.8 Å². The summed E-state index contributed by atoms with van der Waals surface area (Å²) in [6, 6.07) is 8.45. The molecule has 1 aromatic heterocycles. The molecule has 2 aromatic carbocycles. The fourth-order valence-corrected chi connectivity index (χ4v) is 6.12. The van der Waals surface area contributed by atoms with Crippen LogP contribution in [0.5, 0.6) is 5.75 Å². The zero-order valence-corrected chi connectivity index (χ0v) is 21.2. The van der Waals surface area contributed by atoms with E-state index in [1.54, 1.807) is 26.8 Å². The van der Waals surface area contributed by atoms with E-state index in [-0.39, 0.29) is 23.2 Å². The summed E-state index contributed by atoms with van der Waals surface area (Å²) in [6.07, 6.45) is 0.847. The third-order valence-electron chi connectivity index (χ3n) is 5.54. The zero-order chi connectivity index (χ0) is 25.0. The lowest BCUT2D eigenvalue weighted by atomic mass is 10.1. The molecule has 0 saturated heterocycles. The molecule has 182 valence electrons. The third-order valence-corrected chi connectivity index (χ3v) is 8.23. The van der Waals surface area contributed by atoms with Gasteiger partial charge in [-0.15, -0.1) is 11.3 Å². The number of nitrogens with two attached hydrogens (primary N) is 1. The van der Waals surface area contributed by atoms with E-state index < -0.39 is 16.1 Å². The van der Waals surface area contributed by atoms with Crippen molar-refractivity contribution in [3.63, 3.8) is 0 Å². The van der Waals surface area contributed by atoms with Gasteiger partial charge in [0.15, 0.2) is 5.01 Å². The fraction of sp³-hybridized carbons (Fsp3) is 0.348. The maximum absolute atomic E-state index is 12.9. The molecule has 34 heavy (non-hydrogen) atoms. The van der Waals surface area contributed by atoms with E-state index in [4.69, 9.17) is 15.9 Å². The summed E-state index contributed by atoms with van der Waals surface area (Å²) in [7, 11) is -2.43. The number of hydrogen-bond acceptors (Lipinski definition) is 8. The lowest BCUT2D eigenvalue weighted by molar-refractivity contribution is 0.0956. The minimum Gasteiger partial charge on any atom is -0.496 e. The maximum atomic E-state index is 12.9. The van der Waals surface area contributed by atoms with Crippen LogP contribution in [0.3, 0.4) is 0 Å². The molecular weight excluding hydrogens is 474 g/mol. The smallest absolute Gasteiger partial charge is 0.264 e. The number of nitrogens with zero attached hydrogens (tertiary/aromatic N) is 1. The van der Waals surface area contributed by atoms with Gasteiger partial charge in [-0.1, -0.05) is 12.1 Å². The first-order chi connectivity index (χ1) is 16.0. The van der Waals surface area contributed by atoms with Gasteiger partial charge >= 0.3 is 0 Å². The van der Waals surface area contributed by atoms with Crippen LogP contribution in [-0.2, 0) is 10.0 Å². The number of hydrogen-bond donors (Lipinski definition) is 4. The lowest BCUT2D eigenvalue weighted by Gasteiger charge is -2.18. The van der Waals surface area contributed by atoms with E-state index in [2.05, 4.69) is 15.0 Å². The monoisotopic (exact) mass is 503 g/mol. The quantitative estimate of drug-likeness (QED) is 0.152. The van der Waals surface area contributed by atoms with Crippen LogP contribution in [0.25, 0.3) is 10.2 Å².